The predicted molar refractivity (Wildman–Crippen MR) is 69.9 cm³/mol. The minimum atomic E-state index is -0.435. The summed E-state index contributed by atoms with van der Waals surface area (Å²) < 4.78 is 4.98. The zero-order valence-corrected chi connectivity index (χ0v) is 11.3. The Morgan fingerprint density at radius 2 is 2.37 bits per heavy atom. The second kappa shape index (κ2) is 5.64. The van der Waals surface area contributed by atoms with Crippen LogP contribution in [0.15, 0.2) is 12.1 Å². The Morgan fingerprint density at radius 3 is 2.95 bits per heavy atom. The van der Waals surface area contributed by atoms with Gasteiger partial charge in [-0.2, -0.15) is 0 Å². The summed E-state index contributed by atoms with van der Waals surface area (Å²) >= 11 is 1.07. The third-order valence-corrected chi connectivity index (χ3v) is 4.20. The molecule has 19 heavy (non-hydrogen) atoms. The highest BCUT2D eigenvalue weighted by Crippen LogP contribution is 2.37. The molecule has 8 heteroatoms. The zero-order valence-electron chi connectivity index (χ0n) is 10.4. The third kappa shape index (κ3) is 2.75. The fourth-order valence-electron chi connectivity index (χ4n) is 2.23. The summed E-state index contributed by atoms with van der Waals surface area (Å²) in [7, 11) is 1.56. The molecule has 1 saturated heterocycles. The number of hydrogen-bond acceptors (Lipinski definition) is 6. The Labute approximate surface area is 114 Å². The van der Waals surface area contributed by atoms with E-state index in [9.17, 15) is 14.9 Å². The number of nitrogens with two attached hydrogens (primary N) is 1. The number of carbonyl (C=O) groups excluding carboxylic acids is 1. The molecular weight excluding hydrogens is 270 g/mol. The normalized spacial score (nSPS) is 23.1. The van der Waals surface area contributed by atoms with Crippen LogP contribution < -0.4 is 5.73 Å². The van der Waals surface area contributed by atoms with Gasteiger partial charge in [0.25, 0.3) is 0 Å². The van der Waals surface area contributed by atoms with Crippen molar-refractivity contribution in [3.8, 4) is 0 Å². The van der Waals surface area contributed by atoms with E-state index in [0.29, 0.717) is 13.2 Å². The molecular formula is C11H15N3O4S. The van der Waals surface area contributed by atoms with Crippen LogP contribution in [0.4, 0.5) is 5.00 Å². The lowest BCUT2D eigenvalue weighted by Gasteiger charge is -2.25. The van der Waals surface area contributed by atoms with E-state index in [1.165, 1.54) is 6.07 Å². The topological polar surface area (TPSA) is 98.7 Å². The first kappa shape index (κ1) is 13.9. The van der Waals surface area contributed by atoms with Crippen LogP contribution in [0.1, 0.15) is 17.3 Å². The Balaban J connectivity index is 2.23. The van der Waals surface area contributed by atoms with Gasteiger partial charge in [-0.25, -0.2) is 0 Å². The van der Waals surface area contributed by atoms with Gasteiger partial charge in [0.05, 0.1) is 17.6 Å². The van der Waals surface area contributed by atoms with Crippen LogP contribution in [0.5, 0.6) is 0 Å². The van der Waals surface area contributed by atoms with E-state index in [0.717, 1.165) is 16.2 Å². The standard InChI is InChI=1S/C11H15N3O4S/c1-18-5-4-13-9(15)6-7(12)11(13)8-2-3-10(19-8)14(16)17/h2-3,7,11H,4-6,12H2,1H3. The maximum absolute atomic E-state index is 11.9. The number of ether oxygens (including phenoxy) is 1. The number of rotatable bonds is 5. The number of likely N-dealkylation sites (tertiary alicyclic amines) is 1. The maximum Gasteiger partial charge on any atom is 0.324 e. The highest BCUT2D eigenvalue weighted by atomic mass is 32.1. The molecule has 2 rings (SSSR count). The largest absolute Gasteiger partial charge is 0.383 e. The van der Waals surface area contributed by atoms with Crippen LogP contribution in [0.25, 0.3) is 0 Å². The van der Waals surface area contributed by atoms with Crippen molar-refractivity contribution in [3.63, 3.8) is 0 Å². The van der Waals surface area contributed by atoms with E-state index < -0.39 is 4.92 Å². The summed E-state index contributed by atoms with van der Waals surface area (Å²) in [6.45, 7) is 0.863. The highest BCUT2D eigenvalue weighted by Gasteiger charge is 2.39. The van der Waals surface area contributed by atoms with Crippen molar-refractivity contribution in [1.29, 1.82) is 0 Å². The average Bonchev–Trinajstić information content (AvgIpc) is 2.91. The Bertz CT molecular complexity index is 490. The molecule has 0 bridgehead atoms. The van der Waals surface area contributed by atoms with Crippen molar-refractivity contribution in [3.05, 3.63) is 27.1 Å². The smallest absolute Gasteiger partial charge is 0.324 e. The van der Waals surface area contributed by atoms with Crippen molar-refractivity contribution in [1.82, 2.24) is 4.90 Å². The summed E-state index contributed by atoms with van der Waals surface area (Å²) in [5.74, 6) is -0.0365. The summed E-state index contributed by atoms with van der Waals surface area (Å²) in [5.41, 5.74) is 5.98. The molecule has 1 aromatic rings. The number of amides is 1. The number of methoxy groups -OCH3 is 1. The van der Waals surface area contributed by atoms with Gasteiger partial charge < -0.3 is 15.4 Å². The summed E-state index contributed by atoms with van der Waals surface area (Å²) in [6.07, 6.45) is 0.264. The first-order valence-corrected chi connectivity index (χ1v) is 6.64. The maximum atomic E-state index is 11.9. The first-order chi connectivity index (χ1) is 9.04. The van der Waals surface area contributed by atoms with Gasteiger partial charge in [0, 0.05) is 37.1 Å². The second-order valence-electron chi connectivity index (χ2n) is 4.33. The number of nitro groups is 1. The molecule has 0 aliphatic carbocycles. The molecule has 1 aliphatic rings. The summed E-state index contributed by atoms with van der Waals surface area (Å²) in [4.78, 5) is 24.5. The molecule has 1 fully saturated rings. The lowest BCUT2D eigenvalue weighted by atomic mass is 10.1. The molecule has 2 heterocycles. The monoisotopic (exact) mass is 285 g/mol. The predicted octanol–water partition coefficient (Wildman–Crippen LogP) is 0.903. The molecule has 2 unspecified atom stereocenters. The van der Waals surface area contributed by atoms with Crippen LogP contribution in [-0.2, 0) is 9.53 Å². The van der Waals surface area contributed by atoms with Crippen LogP contribution in [-0.4, -0.2) is 42.0 Å². The van der Waals surface area contributed by atoms with Crippen molar-refractivity contribution in [2.45, 2.75) is 18.5 Å². The van der Waals surface area contributed by atoms with Crippen LogP contribution >= 0.6 is 11.3 Å². The number of nitrogens with zero attached hydrogens (tertiary/aromatic N) is 2. The van der Waals surface area contributed by atoms with Crippen molar-refractivity contribution in [2.75, 3.05) is 20.3 Å². The summed E-state index contributed by atoms with van der Waals surface area (Å²) in [6, 6.07) is 2.50. The summed E-state index contributed by atoms with van der Waals surface area (Å²) in [5, 5.41) is 10.8. The van der Waals surface area contributed by atoms with E-state index in [1.54, 1.807) is 18.1 Å². The van der Waals surface area contributed by atoms with Gasteiger partial charge in [-0.05, 0) is 6.07 Å². The average molecular weight is 285 g/mol. The quantitative estimate of drug-likeness (QED) is 0.640. The van der Waals surface area contributed by atoms with Gasteiger partial charge in [-0.15, -0.1) is 0 Å². The van der Waals surface area contributed by atoms with Crippen molar-refractivity contribution >= 4 is 22.2 Å². The fourth-order valence-corrected chi connectivity index (χ4v) is 3.25. The van der Waals surface area contributed by atoms with Gasteiger partial charge in [-0.1, -0.05) is 11.3 Å². The van der Waals surface area contributed by atoms with Gasteiger partial charge >= 0.3 is 5.00 Å². The molecule has 2 N–H and O–H groups in total. The molecule has 1 aromatic heterocycles. The Morgan fingerprint density at radius 1 is 1.63 bits per heavy atom. The zero-order chi connectivity index (χ0) is 14.0. The third-order valence-electron chi connectivity index (χ3n) is 3.09. The minimum absolute atomic E-state index is 0.0365. The number of hydrogen-bond donors (Lipinski definition) is 1. The van der Waals surface area contributed by atoms with E-state index in [1.807, 2.05) is 0 Å². The molecule has 2 atom stereocenters. The molecule has 0 aromatic carbocycles. The molecule has 1 amide bonds. The van der Waals surface area contributed by atoms with Gasteiger partial charge in [0.15, 0.2) is 0 Å². The fraction of sp³-hybridized carbons (Fsp3) is 0.545. The first-order valence-electron chi connectivity index (χ1n) is 5.82. The van der Waals surface area contributed by atoms with E-state index in [2.05, 4.69) is 0 Å². The Hall–Kier alpha value is -1.51. The molecule has 7 nitrogen and oxygen atoms in total. The van der Waals surface area contributed by atoms with Crippen LogP contribution in [0.2, 0.25) is 0 Å². The van der Waals surface area contributed by atoms with Gasteiger partial charge in [0.1, 0.15) is 0 Å². The van der Waals surface area contributed by atoms with E-state index >= 15 is 0 Å². The SMILES string of the molecule is COCCN1C(=O)CC(N)C1c1ccc([N+](=O)[O-])s1. The molecule has 0 saturated carbocycles. The van der Waals surface area contributed by atoms with Crippen LogP contribution in [0.3, 0.4) is 0 Å². The second-order valence-corrected chi connectivity index (χ2v) is 5.42. The van der Waals surface area contributed by atoms with Crippen molar-refractivity contribution < 1.29 is 14.5 Å². The lowest BCUT2D eigenvalue weighted by molar-refractivity contribution is -0.380. The molecule has 104 valence electrons. The number of carbonyl (C=O) groups is 1. The Kier molecular flexibility index (Phi) is 4.13. The molecule has 1 aliphatic heterocycles. The van der Waals surface area contributed by atoms with Gasteiger partial charge in [0.2, 0.25) is 5.91 Å². The van der Waals surface area contributed by atoms with E-state index in [-0.39, 0.29) is 29.4 Å². The lowest BCUT2D eigenvalue weighted by Crippen LogP contribution is -2.34. The van der Waals surface area contributed by atoms with Crippen LogP contribution in [0, 0.1) is 10.1 Å². The molecule has 0 radical (unpaired) electrons. The minimum Gasteiger partial charge on any atom is -0.383 e. The highest BCUT2D eigenvalue weighted by molar-refractivity contribution is 7.15. The van der Waals surface area contributed by atoms with Gasteiger partial charge in [-0.3, -0.25) is 14.9 Å². The van der Waals surface area contributed by atoms with Crippen molar-refractivity contribution in [2.24, 2.45) is 5.73 Å². The number of thiophene rings is 1. The van der Waals surface area contributed by atoms with E-state index in [4.69, 9.17) is 10.5 Å². The molecule has 0 spiro atoms.